The molecule has 2 heterocycles. The lowest BCUT2D eigenvalue weighted by Crippen LogP contribution is -2.13. The Morgan fingerprint density at radius 1 is 0.952 bits per heavy atom. The number of rotatable bonds is 4. The van der Waals surface area contributed by atoms with E-state index in [9.17, 15) is 8.42 Å². The quantitative estimate of drug-likeness (QED) is 0.734. The van der Waals surface area contributed by atoms with Crippen LogP contribution in [0.3, 0.4) is 0 Å². The molecule has 0 saturated heterocycles. The molecule has 0 N–H and O–H groups in total. The van der Waals surface area contributed by atoms with Crippen molar-refractivity contribution in [1.82, 2.24) is 19.7 Å². The van der Waals surface area contributed by atoms with E-state index in [0.29, 0.717) is 11.5 Å². The largest absolute Gasteiger partial charge is 0.253 e. The third kappa shape index (κ3) is 2.82. The summed E-state index contributed by atoms with van der Waals surface area (Å²) >= 11 is 0. The summed E-state index contributed by atoms with van der Waals surface area (Å²) in [6, 6.07) is 13.6. The zero-order valence-corrected chi connectivity index (χ0v) is 11.8. The molecule has 106 valence electrons. The van der Waals surface area contributed by atoms with Crippen LogP contribution in [0.15, 0.2) is 66.0 Å². The summed E-state index contributed by atoms with van der Waals surface area (Å²) in [5, 5.41) is 3.99. The second-order valence-electron chi connectivity index (χ2n) is 4.36. The molecule has 7 heteroatoms. The minimum Gasteiger partial charge on any atom is -0.253 e. The Balaban J connectivity index is 1.96. The summed E-state index contributed by atoms with van der Waals surface area (Å²) in [7, 11) is -3.48. The first kappa shape index (κ1) is 13.4. The Labute approximate surface area is 122 Å². The Bertz CT molecular complexity index is 830. The lowest BCUT2D eigenvalue weighted by molar-refractivity contribution is 0.576. The molecule has 0 amide bonds. The molecule has 0 aliphatic heterocycles. The maximum absolute atomic E-state index is 12.4. The lowest BCUT2D eigenvalue weighted by Gasteiger charge is -2.07. The van der Waals surface area contributed by atoms with E-state index in [-0.39, 0.29) is 10.8 Å². The van der Waals surface area contributed by atoms with Crippen LogP contribution in [0.5, 0.6) is 0 Å². The van der Waals surface area contributed by atoms with Crippen LogP contribution in [0.25, 0.3) is 11.5 Å². The molecule has 21 heavy (non-hydrogen) atoms. The zero-order chi connectivity index (χ0) is 14.7. The van der Waals surface area contributed by atoms with E-state index >= 15 is 0 Å². The van der Waals surface area contributed by atoms with Crippen molar-refractivity contribution < 1.29 is 8.42 Å². The average molecular weight is 300 g/mol. The van der Waals surface area contributed by atoms with Gasteiger partial charge < -0.3 is 0 Å². The SMILES string of the molecule is O=S(=O)(Cn1ncnc1-c1ccccn1)c1ccccc1. The molecule has 0 unspecified atom stereocenters. The van der Waals surface area contributed by atoms with E-state index in [1.165, 1.54) is 11.0 Å². The van der Waals surface area contributed by atoms with E-state index in [0.717, 1.165) is 0 Å². The number of nitrogens with zero attached hydrogens (tertiary/aromatic N) is 4. The summed E-state index contributed by atoms with van der Waals surface area (Å²) in [6.45, 7) is 0. The third-order valence-electron chi connectivity index (χ3n) is 2.90. The minimum absolute atomic E-state index is 0.257. The highest BCUT2D eigenvalue weighted by Crippen LogP contribution is 2.17. The Hall–Kier alpha value is -2.54. The number of aromatic nitrogens is 4. The van der Waals surface area contributed by atoms with Crippen LogP contribution < -0.4 is 0 Å². The van der Waals surface area contributed by atoms with Gasteiger partial charge in [0.05, 0.1) is 4.90 Å². The minimum atomic E-state index is -3.48. The highest BCUT2D eigenvalue weighted by Gasteiger charge is 2.18. The standard InChI is InChI=1S/C14H12N4O2S/c19-21(20,12-6-2-1-3-7-12)11-18-14(16-10-17-18)13-8-4-5-9-15-13/h1-10H,11H2. The fourth-order valence-corrected chi connectivity index (χ4v) is 3.15. The molecule has 0 spiro atoms. The van der Waals surface area contributed by atoms with Gasteiger partial charge in [-0.1, -0.05) is 24.3 Å². The van der Waals surface area contributed by atoms with Crippen molar-refractivity contribution in [3.8, 4) is 11.5 Å². The molecule has 0 atom stereocenters. The first-order valence-corrected chi connectivity index (χ1v) is 7.89. The molecule has 1 aromatic carbocycles. The predicted octanol–water partition coefficient (Wildman–Crippen LogP) is 1.77. The van der Waals surface area contributed by atoms with Gasteiger partial charge >= 0.3 is 0 Å². The molecule has 2 aromatic heterocycles. The number of sulfone groups is 1. The van der Waals surface area contributed by atoms with Crippen molar-refractivity contribution in [3.05, 3.63) is 61.1 Å². The molecular weight excluding hydrogens is 288 g/mol. The number of benzene rings is 1. The van der Waals surface area contributed by atoms with Crippen molar-refractivity contribution in [2.45, 2.75) is 10.8 Å². The van der Waals surface area contributed by atoms with Gasteiger partial charge in [-0.25, -0.2) is 18.1 Å². The molecule has 0 aliphatic rings. The predicted molar refractivity (Wildman–Crippen MR) is 76.9 cm³/mol. The Kier molecular flexibility index (Phi) is 3.49. The van der Waals surface area contributed by atoms with Crippen molar-refractivity contribution in [3.63, 3.8) is 0 Å². The van der Waals surface area contributed by atoms with Crippen LogP contribution >= 0.6 is 0 Å². The zero-order valence-electron chi connectivity index (χ0n) is 11.0. The molecular formula is C14H12N4O2S. The number of pyridine rings is 1. The smallest absolute Gasteiger partial charge is 0.198 e. The second kappa shape index (κ2) is 5.45. The fraction of sp³-hybridized carbons (Fsp3) is 0.0714. The Morgan fingerprint density at radius 3 is 2.43 bits per heavy atom. The first-order chi connectivity index (χ1) is 10.2. The summed E-state index contributed by atoms with van der Waals surface area (Å²) < 4.78 is 26.1. The third-order valence-corrected chi connectivity index (χ3v) is 4.48. The van der Waals surface area contributed by atoms with Crippen molar-refractivity contribution >= 4 is 9.84 Å². The van der Waals surface area contributed by atoms with Crippen LogP contribution in [0.2, 0.25) is 0 Å². The van der Waals surface area contributed by atoms with Gasteiger partial charge in [-0.2, -0.15) is 5.10 Å². The highest BCUT2D eigenvalue weighted by molar-refractivity contribution is 7.90. The lowest BCUT2D eigenvalue weighted by atomic mass is 10.3. The molecule has 3 rings (SSSR count). The van der Waals surface area contributed by atoms with Crippen LogP contribution in [0, 0.1) is 0 Å². The van der Waals surface area contributed by atoms with Gasteiger partial charge in [-0.05, 0) is 24.3 Å². The summed E-state index contributed by atoms with van der Waals surface area (Å²) in [5.41, 5.74) is 0.582. The monoisotopic (exact) mass is 300 g/mol. The van der Waals surface area contributed by atoms with Gasteiger partial charge in [0.25, 0.3) is 0 Å². The van der Waals surface area contributed by atoms with E-state index < -0.39 is 9.84 Å². The highest BCUT2D eigenvalue weighted by atomic mass is 32.2. The van der Waals surface area contributed by atoms with Gasteiger partial charge in [0.15, 0.2) is 15.7 Å². The van der Waals surface area contributed by atoms with E-state index in [1.54, 1.807) is 48.7 Å². The van der Waals surface area contributed by atoms with Crippen LogP contribution in [-0.2, 0) is 15.7 Å². The first-order valence-electron chi connectivity index (χ1n) is 6.24. The maximum atomic E-state index is 12.4. The van der Waals surface area contributed by atoms with Crippen molar-refractivity contribution in [2.24, 2.45) is 0 Å². The van der Waals surface area contributed by atoms with E-state index in [4.69, 9.17) is 0 Å². The van der Waals surface area contributed by atoms with Crippen LogP contribution in [0.4, 0.5) is 0 Å². The normalized spacial score (nSPS) is 11.4. The molecule has 0 saturated carbocycles. The van der Waals surface area contributed by atoms with Crippen LogP contribution in [0.1, 0.15) is 0 Å². The fourth-order valence-electron chi connectivity index (χ4n) is 1.92. The number of hydrogen-bond donors (Lipinski definition) is 0. The summed E-state index contributed by atoms with van der Waals surface area (Å²) in [5.74, 6) is 0.151. The van der Waals surface area contributed by atoms with E-state index in [2.05, 4.69) is 15.1 Å². The van der Waals surface area contributed by atoms with Gasteiger partial charge in [-0.3, -0.25) is 4.98 Å². The van der Waals surface area contributed by atoms with Gasteiger partial charge in [-0.15, -0.1) is 0 Å². The second-order valence-corrected chi connectivity index (χ2v) is 6.31. The average Bonchev–Trinajstić information content (AvgIpc) is 2.96. The van der Waals surface area contributed by atoms with Gasteiger partial charge in [0, 0.05) is 6.20 Å². The molecule has 0 radical (unpaired) electrons. The number of hydrogen-bond acceptors (Lipinski definition) is 5. The maximum Gasteiger partial charge on any atom is 0.198 e. The van der Waals surface area contributed by atoms with Crippen molar-refractivity contribution in [1.29, 1.82) is 0 Å². The molecule has 0 aliphatic carbocycles. The van der Waals surface area contributed by atoms with Crippen molar-refractivity contribution in [2.75, 3.05) is 0 Å². The topological polar surface area (TPSA) is 77.7 Å². The van der Waals surface area contributed by atoms with E-state index in [1.807, 2.05) is 6.07 Å². The molecule has 6 nitrogen and oxygen atoms in total. The van der Waals surface area contributed by atoms with Gasteiger partial charge in [0.2, 0.25) is 0 Å². The van der Waals surface area contributed by atoms with Crippen LogP contribution in [-0.4, -0.2) is 28.2 Å². The molecule has 3 aromatic rings. The summed E-state index contributed by atoms with van der Waals surface area (Å²) in [4.78, 5) is 8.51. The molecule has 0 fully saturated rings. The van der Waals surface area contributed by atoms with Gasteiger partial charge in [0.1, 0.15) is 17.9 Å². The Morgan fingerprint density at radius 2 is 1.71 bits per heavy atom. The summed E-state index contributed by atoms with van der Waals surface area (Å²) in [6.07, 6.45) is 2.95. The molecule has 0 bridgehead atoms.